The van der Waals surface area contributed by atoms with E-state index in [0.717, 1.165) is 24.1 Å². The van der Waals surface area contributed by atoms with Gasteiger partial charge in [-0.3, -0.25) is 4.99 Å². The van der Waals surface area contributed by atoms with E-state index in [9.17, 15) is 14.7 Å². The van der Waals surface area contributed by atoms with E-state index in [4.69, 9.17) is 21.4 Å². The van der Waals surface area contributed by atoms with E-state index in [0.29, 0.717) is 22.6 Å². The fraction of sp³-hybridized carbons (Fsp3) is 0.520. The van der Waals surface area contributed by atoms with Gasteiger partial charge in [-0.15, -0.1) is 0 Å². The highest BCUT2D eigenvalue weighted by molar-refractivity contribution is 6.33. The van der Waals surface area contributed by atoms with Crippen LogP contribution in [0.5, 0.6) is 11.5 Å². The van der Waals surface area contributed by atoms with Crippen LogP contribution in [0.25, 0.3) is 0 Å². The molecule has 2 rings (SSSR count). The van der Waals surface area contributed by atoms with Gasteiger partial charge in [-0.25, -0.2) is 4.39 Å². The van der Waals surface area contributed by atoms with Gasteiger partial charge in [-0.05, 0) is 50.0 Å². The first-order valence-corrected chi connectivity index (χ1v) is 11.4. The molecule has 3 N–H and O–H groups in total. The summed E-state index contributed by atoms with van der Waals surface area (Å²) < 4.78 is 18.1. The second-order valence-electron chi connectivity index (χ2n) is 8.82. The molecule has 1 saturated carbocycles. The lowest BCUT2D eigenvalue weighted by Crippen LogP contribution is -2.40. The summed E-state index contributed by atoms with van der Waals surface area (Å²) >= 11 is 6.40. The summed E-state index contributed by atoms with van der Waals surface area (Å²) in [6, 6.07) is 0. The van der Waals surface area contributed by atoms with Crippen molar-refractivity contribution in [1.82, 2.24) is 0 Å². The molecule has 3 atom stereocenters. The molecule has 0 aliphatic heterocycles. The van der Waals surface area contributed by atoms with Crippen LogP contribution in [-0.2, 0) is 6.42 Å². The zero-order valence-electron chi connectivity index (χ0n) is 19.9. The first-order chi connectivity index (χ1) is 15.6. The van der Waals surface area contributed by atoms with Crippen molar-refractivity contribution < 1.29 is 24.5 Å². The molecule has 0 spiro atoms. The van der Waals surface area contributed by atoms with Crippen LogP contribution in [-0.4, -0.2) is 40.9 Å². The average molecular weight is 481 g/mol. The van der Waals surface area contributed by atoms with E-state index in [1.54, 1.807) is 6.92 Å². The van der Waals surface area contributed by atoms with Gasteiger partial charge in [0.1, 0.15) is 18.2 Å². The normalized spacial score (nSPS) is 25.5. The number of aliphatic hydroxyl groups excluding tert-OH is 1. The molecule has 1 aliphatic rings. The SMILES string of the molecule is CC(/C=C/[C@@]1(C)[C@H](C)CC/C(=N\O)[C@@H]1C)=C\Cc1c(O)c(/C=N/CO)c(C)c(Cl)c1OCF. The van der Waals surface area contributed by atoms with Crippen molar-refractivity contribution >= 4 is 23.5 Å². The zero-order valence-corrected chi connectivity index (χ0v) is 20.7. The second-order valence-corrected chi connectivity index (χ2v) is 9.20. The molecule has 0 radical (unpaired) electrons. The molecular weight excluding hydrogens is 447 g/mol. The van der Waals surface area contributed by atoms with Gasteiger partial charge in [-0.1, -0.05) is 61.3 Å². The van der Waals surface area contributed by atoms with Gasteiger partial charge in [0.05, 0.1) is 10.7 Å². The number of alkyl halides is 1. The number of aliphatic hydroxyl groups is 1. The van der Waals surface area contributed by atoms with E-state index >= 15 is 0 Å². The maximum atomic E-state index is 13.0. The Morgan fingerprint density at radius 3 is 2.67 bits per heavy atom. The summed E-state index contributed by atoms with van der Waals surface area (Å²) in [6.07, 6.45) is 9.40. The Morgan fingerprint density at radius 2 is 2.06 bits per heavy atom. The third-order valence-electron chi connectivity index (χ3n) is 7.04. The molecule has 0 unspecified atom stereocenters. The molecule has 1 aromatic carbocycles. The van der Waals surface area contributed by atoms with Crippen molar-refractivity contribution in [2.45, 2.75) is 53.9 Å². The van der Waals surface area contributed by atoms with Crippen LogP contribution in [0.2, 0.25) is 5.02 Å². The number of aliphatic imine (C=N–C) groups is 1. The summed E-state index contributed by atoms with van der Waals surface area (Å²) in [5.41, 5.74) is 2.76. The fourth-order valence-electron chi connectivity index (χ4n) is 4.32. The van der Waals surface area contributed by atoms with Crippen LogP contribution in [0.4, 0.5) is 4.39 Å². The molecule has 8 heteroatoms. The number of allylic oxidation sites excluding steroid dienone is 4. The largest absolute Gasteiger partial charge is 0.507 e. The predicted molar refractivity (Wildman–Crippen MR) is 131 cm³/mol. The molecule has 1 aromatic rings. The number of halogens is 2. The highest BCUT2D eigenvalue weighted by atomic mass is 35.5. The fourth-order valence-corrected chi connectivity index (χ4v) is 4.59. The Morgan fingerprint density at radius 1 is 1.36 bits per heavy atom. The summed E-state index contributed by atoms with van der Waals surface area (Å²) in [5, 5.41) is 32.8. The average Bonchev–Trinajstić information content (AvgIpc) is 2.79. The molecule has 1 fully saturated rings. The lowest BCUT2D eigenvalue weighted by atomic mass is 9.61. The van der Waals surface area contributed by atoms with Gasteiger partial charge in [0.25, 0.3) is 0 Å². The molecule has 1 aliphatic carbocycles. The van der Waals surface area contributed by atoms with E-state index in [2.05, 4.69) is 37.0 Å². The Labute approximate surface area is 200 Å². The van der Waals surface area contributed by atoms with Gasteiger partial charge >= 0.3 is 0 Å². The van der Waals surface area contributed by atoms with Gasteiger partial charge in [0, 0.05) is 23.3 Å². The van der Waals surface area contributed by atoms with E-state index in [1.807, 2.05) is 19.1 Å². The monoisotopic (exact) mass is 480 g/mol. The van der Waals surface area contributed by atoms with Crippen LogP contribution in [0.1, 0.15) is 57.2 Å². The number of ether oxygens (including phenoxy) is 1. The third-order valence-corrected chi connectivity index (χ3v) is 7.49. The molecule has 0 aromatic heterocycles. The van der Waals surface area contributed by atoms with Crippen molar-refractivity contribution in [2.24, 2.45) is 27.4 Å². The van der Waals surface area contributed by atoms with Crippen LogP contribution < -0.4 is 4.74 Å². The van der Waals surface area contributed by atoms with Gasteiger partial charge < -0.3 is 20.2 Å². The van der Waals surface area contributed by atoms with Crippen LogP contribution in [0.15, 0.2) is 33.9 Å². The minimum Gasteiger partial charge on any atom is -0.507 e. The minimum absolute atomic E-state index is 0.0913. The number of hydrogen-bond donors (Lipinski definition) is 3. The number of nitrogens with zero attached hydrogens (tertiary/aromatic N) is 2. The van der Waals surface area contributed by atoms with Crippen molar-refractivity contribution in [3.63, 3.8) is 0 Å². The van der Waals surface area contributed by atoms with Crippen molar-refractivity contribution in [1.29, 1.82) is 0 Å². The number of oxime groups is 1. The lowest BCUT2D eigenvalue weighted by molar-refractivity contribution is 0.184. The maximum Gasteiger partial charge on any atom is 0.228 e. The molecule has 0 bridgehead atoms. The molecule has 0 amide bonds. The Kier molecular flexibility index (Phi) is 9.49. The van der Waals surface area contributed by atoms with Crippen molar-refractivity contribution in [3.8, 4) is 11.5 Å². The molecule has 0 heterocycles. The van der Waals surface area contributed by atoms with E-state index in [1.165, 1.54) is 6.21 Å². The Hall–Kier alpha value is -2.38. The summed E-state index contributed by atoms with van der Waals surface area (Å²) in [7, 11) is 0. The lowest BCUT2D eigenvalue weighted by Gasteiger charge is -2.43. The molecule has 33 heavy (non-hydrogen) atoms. The standard InChI is InChI=1S/C25H34ClFN2O4/c1-15(10-11-25(5)16(2)7-9-21(29-32)18(25)4)6-8-19-23(31)20(12-28-14-30)17(3)22(26)24(19)33-13-27/h6,10-12,16,18,30-32H,7-9,13-14H2,1-5H3/b11-10+,15-6+,28-12+,29-21+/t16-,18+,25+/m1/s1. The van der Waals surface area contributed by atoms with Crippen LogP contribution in [0.3, 0.4) is 0 Å². The van der Waals surface area contributed by atoms with Gasteiger partial charge in [0.15, 0.2) is 0 Å². The van der Waals surface area contributed by atoms with E-state index in [-0.39, 0.29) is 34.3 Å². The maximum absolute atomic E-state index is 13.0. The topological polar surface area (TPSA) is 94.6 Å². The van der Waals surface area contributed by atoms with Gasteiger partial charge in [0.2, 0.25) is 6.86 Å². The van der Waals surface area contributed by atoms with Crippen LogP contribution >= 0.6 is 11.6 Å². The second kappa shape index (κ2) is 11.7. The van der Waals surface area contributed by atoms with E-state index < -0.39 is 13.6 Å². The third kappa shape index (κ3) is 5.76. The zero-order chi connectivity index (χ0) is 24.8. The summed E-state index contributed by atoms with van der Waals surface area (Å²) in [6.45, 7) is 8.54. The molecule has 182 valence electrons. The first-order valence-electron chi connectivity index (χ1n) is 11.0. The molecular formula is C25H34ClFN2O4. The number of benzene rings is 1. The van der Waals surface area contributed by atoms with Gasteiger partial charge in [-0.2, -0.15) is 0 Å². The smallest absolute Gasteiger partial charge is 0.228 e. The minimum atomic E-state index is -1.08. The highest BCUT2D eigenvalue weighted by Gasteiger charge is 2.40. The Bertz CT molecular complexity index is 974. The number of phenolic OH excluding ortho intramolecular Hbond substituents is 1. The number of aromatic hydroxyl groups is 1. The molecule has 0 saturated heterocycles. The first kappa shape index (κ1) is 26.9. The number of rotatable bonds is 8. The quantitative estimate of drug-likeness (QED) is 0.185. The molecule has 6 nitrogen and oxygen atoms in total. The predicted octanol–water partition coefficient (Wildman–Crippen LogP) is 5.98. The Balaban J connectivity index is 2.39. The van der Waals surface area contributed by atoms with Crippen LogP contribution in [0, 0.1) is 24.2 Å². The number of phenols is 1. The highest BCUT2D eigenvalue weighted by Crippen LogP contribution is 2.45. The summed E-state index contributed by atoms with van der Waals surface area (Å²) in [5.74, 6) is 0.498. The number of hydrogen-bond acceptors (Lipinski definition) is 6. The summed E-state index contributed by atoms with van der Waals surface area (Å²) in [4.78, 5) is 3.78. The van der Waals surface area contributed by atoms with Crippen molar-refractivity contribution in [3.05, 3.63) is 45.5 Å². The van der Waals surface area contributed by atoms with Crippen molar-refractivity contribution in [2.75, 3.05) is 13.6 Å².